The van der Waals surface area contributed by atoms with Crippen LogP contribution in [-0.2, 0) is 6.42 Å². The highest BCUT2D eigenvalue weighted by Gasteiger charge is 2.19. The lowest BCUT2D eigenvalue weighted by Crippen LogP contribution is -2.25. The highest BCUT2D eigenvalue weighted by Crippen LogP contribution is 2.22. The normalized spacial score (nSPS) is 11.0. The van der Waals surface area contributed by atoms with Crippen LogP contribution in [0, 0.1) is 13.8 Å². The zero-order valence-electron chi connectivity index (χ0n) is 15.8. The standard InChI is InChI=1S/C20H18ClN5O2S/c1-12-8-10-29-17(12)7-9-22-19(27)20-23-18(25-28-20)16-11-26(24-13(16)2)15-5-3-14(21)4-6-15/h3-6,8,10-11H,7,9H2,1-2H3,(H,22,27). The van der Waals surface area contributed by atoms with Crippen LogP contribution in [0.3, 0.4) is 0 Å². The summed E-state index contributed by atoms with van der Waals surface area (Å²) < 4.78 is 6.86. The van der Waals surface area contributed by atoms with Crippen LogP contribution >= 0.6 is 22.9 Å². The molecule has 0 fully saturated rings. The van der Waals surface area contributed by atoms with Gasteiger partial charge in [-0.3, -0.25) is 4.79 Å². The number of benzene rings is 1. The number of aromatic nitrogens is 4. The van der Waals surface area contributed by atoms with Crippen molar-refractivity contribution in [3.63, 3.8) is 0 Å². The summed E-state index contributed by atoms with van der Waals surface area (Å²) >= 11 is 7.62. The molecule has 4 rings (SSSR count). The van der Waals surface area contributed by atoms with Gasteiger partial charge in [0.2, 0.25) is 5.82 Å². The van der Waals surface area contributed by atoms with Crippen LogP contribution in [-0.4, -0.2) is 32.4 Å². The van der Waals surface area contributed by atoms with Gasteiger partial charge in [0.15, 0.2) is 0 Å². The summed E-state index contributed by atoms with van der Waals surface area (Å²) in [6.07, 6.45) is 2.56. The van der Waals surface area contributed by atoms with E-state index in [2.05, 4.69) is 33.5 Å². The van der Waals surface area contributed by atoms with Gasteiger partial charge in [0.25, 0.3) is 0 Å². The van der Waals surface area contributed by atoms with E-state index in [1.165, 1.54) is 10.4 Å². The van der Waals surface area contributed by atoms with Gasteiger partial charge in [-0.1, -0.05) is 16.8 Å². The van der Waals surface area contributed by atoms with E-state index >= 15 is 0 Å². The fourth-order valence-electron chi connectivity index (χ4n) is 2.86. The minimum atomic E-state index is -0.388. The Kier molecular flexibility index (Phi) is 5.46. The molecule has 0 aliphatic carbocycles. The molecular formula is C20H18ClN5O2S. The van der Waals surface area contributed by atoms with Crippen molar-refractivity contribution in [2.75, 3.05) is 6.54 Å². The van der Waals surface area contributed by atoms with Crippen molar-refractivity contribution in [2.45, 2.75) is 20.3 Å². The number of carbonyl (C=O) groups is 1. The Labute approximate surface area is 176 Å². The molecule has 1 aromatic carbocycles. The number of hydrogen-bond acceptors (Lipinski definition) is 6. The second-order valence-electron chi connectivity index (χ2n) is 6.50. The minimum Gasteiger partial charge on any atom is -0.347 e. The van der Waals surface area contributed by atoms with Crippen molar-refractivity contribution in [2.24, 2.45) is 0 Å². The number of thiophene rings is 1. The molecule has 0 aliphatic rings. The van der Waals surface area contributed by atoms with Crippen LogP contribution in [0.5, 0.6) is 0 Å². The molecule has 3 heterocycles. The third kappa shape index (κ3) is 4.23. The number of amides is 1. The Morgan fingerprint density at radius 3 is 2.76 bits per heavy atom. The van der Waals surface area contributed by atoms with Crippen molar-refractivity contribution in [1.29, 1.82) is 0 Å². The highest BCUT2D eigenvalue weighted by atomic mass is 35.5. The summed E-state index contributed by atoms with van der Waals surface area (Å²) in [5.41, 5.74) is 3.50. The molecule has 0 bridgehead atoms. The fourth-order valence-corrected chi connectivity index (χ4v) is 3.89. The molecule has 0 unspecified atom stereocenters. The SMILES string of the molecule is Cc1ccsc1CCNC(=O)c1nc(-c2cn(-c3ccc(Cl)cc3)nc2C)no1. The summed E-state index contributed by atoms with van der Waals surface area (Å²) in [5.74, 6) is -0.135. The topological polar surface area (TPSA) is 85.8 Å². The maximum absolute atomic E-state index is 12.3. The van der Waals surface area contributed by atoms with E-state index in [1.54, 1.807) is 34.3 Å². The Morgan fingerprint density at radius 2 is 2.03 bits per heavy atom. The Hall–Kier alpha value is -2.97. The van der Waals surface area contributed by atoms with Gasteiger partial charge in [-0.05, 0) is 61.5 Å². The predicted molar refractivity (Wildman–Crippen MR) is 112 cm³/mol. The second kappa shape index (κ2) is 8.18. The van der Waals surface area contributed by atoms with Crippen LogP contribution in [0.1, 0.15) is 26.8 Å². The van der Waals surface area contributed by atoms with E-state index < -0.39 is 0 Å². The molecule has 0 atom stereocenters. The zero-order chi connectivity index (χ0) is 20.4. The van der Waals surface area contributed by atoms with Gasteiger partial charge >= 0.3 is 11.8 Å². The van der Waals surface area contributed by atoms with Gasteiger partial charge < -0.3 is 9.84 Å². The summed E-state index contributed by atoms with van der Waals surface area (Å²) in [4.78, 5) is 17.8. The van der Waals surface area contributed by atoms with Crippen LogP contribution in [0.25, 0.3) is 17.1 Å². The van der Waals surface area contributed by atoms with E-state index in [9.17, 15) is 4.79 Å². The molecule has 0 radical (unpaired) electrons. The summed E-state index contributed by atoms with van der Waals surface area (Å²) in [6, 6.07) is 9.38. The van der Waals surface area contributed by atoms with Gasteiger partial charge in [-0.15, -0.1) is 11.3 Å². The maximum atomic E-state index is 12.3. The van der Waals surface area contributed by atoms with Crippen LogP contribution in [0.2, 0.25) is 5.02 Å². The van der Waals surface area contributed by atoms with E-state index in [1.807, 2.05) is 24.4 Å². The van der Waals surface area contributed by atoms with Gasteiger partial charge in [0.1, 0.15) is 0 Å². The first-order valence-electron chi connectivity index (χ1n) is 8.99. The minimum absolute atomic E-state index is 0.0680. The average Bonchev–Trinajstić information content (AvgIpc) is 3.43. The number of hydrogen-bond donors (Lipinski definition) is 1. The highest BCUT2D eigenvalue weighted by molar-refractivity contribution is 7.10. The van der Waals surface area contributed by atoms with Crippen molar-refractivity contribution in [1.82, 2.24) is 25.2 Å². The molecular weight excluding hydrogens is 410 g/mol. The number of aryl methyl sites for hydroxylation is 2. The third-order valence-corrected chi connectivity index (χ3v) is 5.79. The Morgan fingerprint density at radius 1 is 1.24 bits per heavy atom. The molecule has 7 nitrogen and oxygen atoms in total. The first-order valence-corrected chi connectivity index (χ1v) is 10.2. The van der Waals surface area contributed by atoms with Gasteiger partial charge in [-0.2, -0.15) is 10.1 Å². The summed E-state index contributed by atoms with van der Waals surface area (Å²) in [7, 11) is 0. The molecule has 0 saturated carbocycles. The summed E-state index contributed by atoms with van der Waals surface area (Å²) in [5, 5.41) is 13.9. The van der Waals surface area contributed by atoms with E-state index in [0.29, 0.717) is 23.0 Å². The van der Waals surface area contributed by atoms with E-state index in [4.69, 9.17) is 16.1 Å². The maximum Gasteiger partial charge on any atom is 0.316 e. The first kappa shape index (κ1) is 19.4. The molecule has 1 amide bonds. The lowest BCUT2D eigenvalue weighted by Gasteiger charge is -2.01. The predicted octanol–water partition coefficient (Wildman–Crippen LogP) is 4.23. The molecule has 1 N–H and O–H groups in total. The summed E-state index contributed by atoms with van der Waals surface area (Å²) in [6.45, 7) is 4.41. The Balaban J connectivity index is 1.45. The van der Waals surface area contributed by atoms with Crippen LogP contribution in [0.4, 0.5) is 0 Å². The van der Waals surface area contributed by atoms with E-state index in [0.717, 1.165) is 17.8 Å². The second-order valence-corrected chi connectivity index (χ2v) is 7.94. The molecule has 148 valence electrons. The number of nitrogens with one attached hydrogen (secondary N) is 1. The van der Waals surface area contributed by atoms with Gasteiger partial charge in [-0.25, -0.2) is 4.68 Å². The Bertz CT molecular complexity index is 1150. The fraction of sp³-hybridized carbons (Fsp3) is 0.200. The van der Waals surface area contributed by atoms with Gasteiger partial charge in [0.05, 0.1) is 16.9 Å². The lowest BCUT2D eigenvalue weighted by atomic mass is 10.2. The number of carbonyl (C=O) groups excluding carboxylic acids is 1. The lowest BCUT2D eigenvalue weighted by molar-refractivity contribution is 0.0910. The quantitative estimate of drug-likeness (QED) is 0.497. The molecule has 3 aromatic heterocycles. The van der Waals surface area contributed by atoms with Crippen molar-refractivity contribution in [3.05, 3.63) is 69.0 Å². The number of rotatable bonds is 6. The molecule has 29 heavy (non-hydrogen) atoms. The number of halogens is 1. The molecule has 4 aromatic rings. The van der Waals surface area contributed by atoms with Crippen molar-refractivity contribution >= 4 is 28.8 Å². The number of nitrogens with zero attached hydrogens (tertiary/aromatic N) is 4. The molecule has 0 aliphatic heterocycles. The molecule has 0 spiro atoms. The van der Waals surface area contributed by atoms with Crippen molar-refractivity contribution in [3.8, 4) is 17.1 Å². The molecule has 9 heteroatoms. The smallest absolute Gasteiger partial charge is 0.316 e. The zero-order valence-corrected chi connectivity index (χ0v) is 17.4. The van der Waals surface area contributed by atoms with E-state index in [-0.39, 0.29) is 11.8 Å². The first-order chi connectivity index (χ1) is 14.0. The van der Waals surface area contributed by atoms with Crippen molar-refractivity contribution < 1.29 is 9.32 Å². The largest absolute Gasteiger partial charge is 0.347 e. The molecule has 0 saturated heterocycles. The average molecular weight is 428 g/mol. The monoisotopic (exact) mass is 427 g/mol. The third-order valence-electron chi connectivity index (χ3n) is 4.46. The van der Waals surface area contributed by atoms with Crippen LogP contribution < -0.4 is 5.32 Å². The van der Waals surface area contributed by atoms with Gasteiger partial charge in [0, 0.05) is 22.6 Å². The van der Waals surface area contributed by atoms with Crippen LogP contribution in [0.15, 0.2) is 46.4 Å².